The van der Waals surface area contributed by atoms with Crippen LogP contribution >= 0.6 is 0 Å². The van der Waals surface area contributed by atoms with Crippen LogP contribution in [0.5, 0.6) is 5.75 Å². The zero-order valence-electron chi connectivity index (χ0n) is 12.1. The number of carboxylic acids is 1. The molecular weight excluding hydrogens is 274 g/mol. The number of hydrogen-bond donors (Lipinski definition) is 1. The molecule has 1 heterocycles. The summed E-state index contributed by atoms with van der Waals surface area (Å²) in [4.78, 5) is 25.0. The number of likely N-dealkylation sites (N-methyl/N-ethyl adjacent to an activating group) is 1. The number of rotatable bonds is 5. The molecule has 2 unspecified atom stereocenters. The lowest BCUT2D eigenvalue weighted by molar-refractivity contribution is -0.172. The lowest BCUT2D eigenvalue weighted by atomic mass is 9.96. The third-order valence-electron chi connectivity index (χ3n) is 3.45. The highest BCUT2D eigenvalue weighted by Crippen LogP contribution is 2.35. The molecule has 0 radical (unpaired) electrons. The molecule has 1 N–H and O–H groups in total. The zero-order valence-corrected chi connectivity index (χ0v) is 12.1. The van der Waals surface area contributed by atoms with Crippen LogP contribution in [0.2, 0.25) is 0 Å². The van der Waals surface area contributed by atoms with Crippen LogP contribution in [0.4, 0.5) is 0 Å². The first-order chi connectivity index (χ1) is 10.1. The molecule has 6 nitrogen and oxygen atoms in total. The zero-order chi connectivity index (χ0) is 15.4. The van der Waals surface area contributed by atoms with Crippen molar-refractivity contribution >= 4 is 11.9 Å². The van der Waals surface area contributed by atoms with E-state index in [-0.39, 0.29) is 12.5 Å². The Balaban J connectivity index is 2.48. The fourth-order valence-electron chi connectivity index (χ4n) is 2.58. The summed E-state index contributed by atoms with van der Waals surface area (Å²) in [6.45, 7) is 4.33. The Hall–Kier alpha value is -2.08. The van der Waals surface area contributed by atoms with E-state index in [9.17, 15) is 14.7 Å². The van der Waals surface area contributed by atoms with Crippen LogP contribution in [0.15, 0.2) is 24.3 Å². The molecule has 1 aliphatic heterocycles. The minimum atomic E-state index is -1.09. The average molecular weight is 293 g/mol. The number of hydrogen-bond acceptors (Lipinski definition) is 4. The number of amides is 1. The van der Waals surface area contributed by atoms with Gasteiger partial charge in [-0.2, -0.15) is 0 Å². The van der Waals surface area contributed by atoms with E-state index >= 15 is 0 Å². The van der Waals surface area contributed by atoms with E-state index in [1.165, 1.54) is 4.90 Å². The molecule has 114 valence electrons. The summed E-state index contributed by atoms with van der Waals surface area (Å²) in [5.74, 6) is -0.725. The van der Waals surface area contributed by atoms with Gasteiger partial charge in [0.2, 0.25) is 5.91 Å². The van der Waals surface area contributed by atoms with Crippen molar-refractivity contribution in [1.82, 2.24) is 4.90 Å². The molecule has 6 heteroatoms. The van der Waals surface area contributed by atoms with Crippen LogP contribution in [-0.4, -0.2) is 47.7 Å². The number of ether oxygens (including phenoxy) is 2. The summed E-state index contributed by atoms with van der Waals surface area (Å²) in [6.07, 6.45) is -1.09. The van der Waals surface area contributed by atoms with Gasteiger partial charge in [0, 0.05) is 12.1 Å². The second-order valence-corrected chi connectivity index (χ2v) is 4.67. The number of para-hydroxylation sites is 1. The van der Waals surface area contributed by atoms with Crippen molar-refractivity contribution in [2.75, 3.05) is 19.8 Å². The van der Waals surface area contributed by atoms with E-state index in [1.54, 1.807) is 18.2 Å². The van der Waals surface area contributed by atoms with Gasteiger partial charge in [0.15, 0.2) is 6.10 Å². The van der Waals surface area contributed by atoms with Gasteiger partial charge in [-0.05, 0) is 19.9 Å². The lowest BCUT2D eigenvalue weighted by Crippen LogP contribution is -2.51. The van der Waals surface area contributed by atoms with Crippen molar-refractivity contribution in [3.05, 3.63) is 29.8 Å². The highest BCUT2D eigenvalue weighted by Gasteiger charge is 2.42. The maximum absolute atomic E-state index is 12.0. The number of carboxylic acid groups (broad SMARTS) is 1. The molecule has 1 amide bonds. The molecule has 1 fully saturated rings. The van der Waals surface area contributed by atoms with Crippen molar-refractivity contribution in [2.45, 2.75) is 26.0 Å². The molecule has 2 rings (SSSR count). The van der Waals surface area contributed by atoms with Gasteiger partial charge >= 0.3 is 5.97 Å². The first-order valence-electron chi connectivity index (χ1n) is 6.95. The quantitative estimate of drug-likeness (QED) is 0.889. The minimum absolute atomic E-state index is 0.210. The average Bonchev–Trinajstić information content (AvgIpc) is 2.47. The minimum Gasteiger partial charge on any atom is -0.494 e. The predicted octanol–water partition coefficient (Wildman–Crippen LogP) is 1.46. The van der Waals surface area contributed by atoms with E-state index in [0.29, 0.717) is 24.5 Å². The van der Waals surface area contributed by atoms with Crippen LogP contribution < -0.4 is 4.74 Å². The van der Waals surface area contributed by atoms with E-state index < -0.39 is 18.1 Å². The molecule has 2 atom stereocenters. The molecule has 1 aromatic carbocycles. The van der Waals surface area contributed by atoms with Crippen molar-refractivity contribution in [1.29, 1.82) is 0 Å². The number of carbonyl (C=O) groups is 2. The molecule has 0 spiro atoms. The number of benzene rings is 1. The van der Waals surface area contributed by atoms with Crippen LogP contribution in [0, 0.1) is 0 Å². The number of morpholine rings is 1. The van der Waals surface area contributed by atoms with Crippen LogP contribution in [0.25, 0.3) is 0 Å². The largest absolute Gasteiger partial charge is 0.494 e. The fourth-order valence-corrected chi connectivity index (χ4v) is 2.58. The molecule has 0 aromatic heterocycles. The number of nitrogens with zero attached hydrogens (tertiary/aromatic N) is 1. The highest BCUT2D eigenvalue weighted by atomic mass is 16.5. The molecular formula is C15H19NO5. The third kappa shape index (κ3) is 3.00. The van der Waals surface area contributed by atoms with Crippen molar-refractivity contribution < 1.29 is 24.2 Å². The topological polar surface area (TPSA) is 76.1 Å². The van der Waals surface area contributed by atoms with Gasteiger partial charge < -0.3 is 19.5 Å². The number of aliphatic carboxylic acids is 1. The van der Waals surface area contributed by atoms with E-state index in [4.69, 9.17) is 9.47 Å². The Kier molecular flexibility index (Phi) is 4.80. The first-order valence-corrected chi connectivity index (χ1v) is 6.95. The van der Waals surface area contributed by atoms with Crippen LogP contribution in [0.1, 0.15) is 25.5 Å². The van der Waals surface area contributed by atoms with Gasteiger partial charge in [-0.25, -0.2) is 4.79 Å². The second-order valence-electron chi connectivity index (χ2n) is 4.67. The first kappa shape index (κ1) is 15.3. The highest BCUT2D eigenvalue weighted by molar-refractivity contribution is 5.83. The van der Waals surface area contributed by atoms with E-state index in [0.717, 1.165) is 0 Å². The fraction of sp³-hybridized carbons (Fsp3) is 0.467. The summed E-state index contributed by atoms with van der Waals surface area (Å²) < 4.78 is 10.8. The Labute approximate surface area is 123 Å². The molecule has 1 aromatic rings. The van der Waals surface area contributed by atoms with Crippen LogP contribution in [0.3, 0.4) is 0 Å². The molecule has 1 saturated heterocycles. The third-order valence-corrected chi connectivity index (χ3v) is 3.45. The van der Waals surface area contributed by atoms with Crippen molar-refractivity contribution in [2.24, 2.45) is 0 Å². The summed E-state index contributed by atoms with van der Waals surface area (Å²) in [5.41, 5.74) is 0.654. The molecule has 21 heavy (non-hydrogen) atoms. The summed E-state index contributed by atoms with van der Waals surface area (Å²) in [6, 6.07) is 6.47. The normalized spacial score (nSPS) is 22.2. The Morgan fingerprint density at radius 2 is 2.14 bits per heavy atom. The maximum Gasteiger partial charge on any atom is 0.335 e. The van der Waals surface area contributed by atoms with Crippen LogP contribution in [-0.2, 0) is 14.3 Å². The smallest absolute Gasteiger partial charge is 0.335 e. The van der Waals surface area contributed by atoms with Gasteiger partial charge in [0.25, 0.3) is 0 Å². The lowest BCUT2D eigenvalue weighted by Gasteiger charge is -2.39. The summed E-state index contributed by atoms with van der Waals surface area (Å²) in [5, 5.41) is 9.39. The Morgan fingerprint density at radius 1 is 1.43 bits per heavy atom. The second kappa shape index (κ2) is 6.58. The summed E-state index contributed by atoms with van der Waals surface area (Å²) in [7, 11) is 0. The van der Waals surface area contributed by atoms with Gasteiger partial charge in [-0.1, -0.05) is 18.2 Å². The molecule has 0 saturated carbocycles. The maximum atomic E-state index is 12.0. The van der Waals surface area contributed by atoms with Gasteiger partial charge in [0.1, 0.15) is 12.4 Å². The van der Waals surface area contributed by atoms with Crippen molar-refractivity contribution in [3.63, 3.8) is 0 Å². The Morgan fingerprint density at radius 3 is 2.76 bits per heavy atom. The van der Waals surface area contributed by atoms with Crippen molar-refractivity contribution in [3.8, 4) is 5.75 Å². The summed E-state index contributed by atoms with van der Waals surface area (Å²) >= 11 is 0. The molecule has 0 aliphatic carbocycles. The van der Waals surface area contributed by atoms with E-state index in [1.807, 2.05) is 19.9 Å². The molecule has 0 bridgehead atoms. The predicted molar refractivity (Wildman–Crippen MR) is 75.1 cm³/mol. The standard InChI is InChI=1S/C15H19NO5/c1-3-16-12(17)9-21-14(15(18)19)13(16)10-7-5-6-8-11(10)20-4-2/h5-8,13-14H,3-4,9H2,1-2H3,(H,18,19). The monoisotopic (exact) mass is 293 g/mol. The Bertz CT molecular complexity index is 529. The number of carbonyl (C=O) groups excluding carboxylic acids is 1. The molecule has 1 aliphatic rings. The van der Waals surface area contributed by atoms with Gasteiger partial charge in [-0.15, -0.1) is 0 Å². The van der Waals surface area contributed by atoms with Gasteiger partial charge in [-0.3, -0.25) is 4.79 Å². The van der Waals surface area contributed by atoms with E-state index in [2.05, 4.69) is 0 Å². The SMILES string of the molecule is CCOc1ccccc1C1C(C(=O)O)OCC(=O)N1CC. The van der Waals surface area contributed by atoms with Gasteiger partial charge in [0.05, 0.1) is 12.6 Å².